The molecule has 0 heterocycles. The van der Waals surface area contributed by atoms with Crippen LogP contribution in [0.4, 0.5) is 0 Å². The molecule has 0 bridgehead atoms. The van der Waals surface area contributed by atoms with Crippen molar-refractivity contribution in [2.45, 2.75) is 13.8 Å². The molecule has 0 radical (unpaired) electrons. The van der Waals surface area contributed by atoms with Gasteiger partial charge in [-0.3, -0.25) is 0 Å². The lowest BCUT2D eigenvalue weighted by Crippen LogP contribution is -2.16. The van der Waals surface area contributed by atoms with Crippen LogP contribution in [0.15, 0.2) is 24.0 Å². The summed E-state index contributed by atoms with van der Waals surface area (Å²) in [5.74, 6) is 0. The van der Waals surface area contributed by atoms with Crippen LogP contribution < -0.4 is 10.6 Å². The highest BCUT2D eigenvalue weighted by Gasteiger charge is 1.91. The second kappa shape index (κ2) is 4.91. The first-order chi connectivity index (χ1) is 4.76. The quantitative estimate of drug-likeness (QED) is 0.574. The maximum Gasteiger partial charge on any atom is 0.0521 e. The number of hydrogen-bond acceptors (Lipinski definition) is 2. The summed E-state index contributed by atoms with van der Waals surface area (Å²) in [6.07, 6.45) is 1.80. The summed E-state index contributed by atoms with van der Waals surface area (Å²) in [6.45, 7) is 8.72. The summed E-state index contributed by atoms with van der Waals surface area (Å²) >= 11 is 0. The molecule has 0 unspecified atom stereocenters. The monoisotopic (exact) mass is 140 g/mol. The smallest absolute Gasteiger partial charge is 0.0521 e. The van der Waals surface area contributed by atoms with Crippen molar-refractivity contribution in [2.75, 3.05) is 13.6 Å². The minimum atomic E-state index is 0.949. The minimum Gasteiger partial charge on any atom is -0.387 e. The Balaban J connectivity index is 4.12. The Kier molecular flexibility index (Phi) is 4.46. The third-order valence-electron chi connectivity index (χ3n) is 1.32. The van der Waals surface area contributed by atoms with E-state index >= 15 is 0 Å². The van der Waals surface area contributed by atoms with Crippen molar-refractivity contribution in [3.63, 3.8) is 0 Å². The van der Waals surface area contributed by atoms with Crippen LogP contribution in [-0.2, 0) is 0 Å². The van der Waals surface area contributed by atoms with Crippen LogP contribution in [0, 0.1) is 0 Å². The topological polar surface area (TPSA) is 24.1 Å². The van der Waals surface area contributed by atoms with E-state index in [0.29, 0.717) is 0 Å². The second-order valence-corrected chi connectivity index (χ2v) is 2.02. The van der Waals surface area contributed by atoms with Crippen molar-refractivity contribution in [1.82, 2.24) is 10.6 Å². The first-order valence-corrected chi connectivity index (χ1v) is 3.51. The van der Waals surface area contributed by atoms with E-state index in [2.05, 4.69) is 24.1 Å². The molecule has 0 aliphatic carbocycles. The average molecular weight is 140 g/mol. The lowest BCUT2D eigenvalue weighted by molar-refractivity contribution is 0.820. The molecular formula is C8H16N2. The second-order valence-electron chi connectivity index (χ2n) is 2.02. The molecule has 0 spiro atoms. The Morgan fingerprint density at radius 1 is 1.60 bits per heavy atom. The van der Waals surface area contributed by atoms with E-state index in [0.717, 1.165) is 17.9 Å². The van der Waals surface area contributed by atoms with Gasteiger partial charge < -0.3 is 10.6 Å². The molecule has 0 saturated heterocycles. The van der Waals surface area contributed by atoms with Gasteiger partial charge in [0.05, 0.1) is 5.70 Å². The van der Waals surface area contributed by atoms with E-state index in [1.807, 2.05) is 14.0 Å². The van der Waals surface area contributed by atoms with E-state index in [9.17, 15) is 0 Å². The van der Waals surface area contributed by atoms with Gasteiger partial charge in [0.1, 0.15) is 0 Å². The molecule has 0 fully saturated rings. The zero-order chi connectivity index (χ0) is 7.98. The molecule has 0 amide bonds. The van der Waals surface area contributed by atoms with Gasteiger partial charge in [-0.1, -0.05) is 6.58 Å². The normalized spacial score (nSPS) is 11.9. The van der Waals surface area contributed by atoms with Gasteiger partial charge in [-0.25, -0.2) is 0 Å². The maximum absolute atomic E-state index is 3.67. The van der Waals surface area contributed by atoms with Crippen molar-refractivity contribution in [3.8, 4) is 0 Å². The number of likely N-dealkylation sites (N-methyl/N-ethyl adjacent to an activating group) is 1. The molecule has 2 N–H and O–H groups in total. The summed E-state index contributed by atoms with van der Waals surface area (Å²) in [7, 11) is 1.89. The first kappa shape index (κ1) is 9.08. The van der Waals surface area contributed by atoms with Crippen molar-refractivity contribution in [1.29, 1.82) is 0 Å². The molecule has 0 saturated carbocycles. The van der Waals surface area contributed by atoms with Gasteiger partial charge >= 0.3 is 0 Å². The molecular weight excluding hydrogens is 124 g/mol. The largest absolute Gasteiger partial charge is 0.387 e. The Labute approximate surface area is 63.0 Å². The van der Waals surface area contributed by atoms with Gasteiger partial charge in [0, 0.05) is 19.3 Å². The van der Waals surface area contributed by atoms with Gasteiger partial charge in [-0.2, -0.15) is 0 Å². The molecule has 0 aromatic carbocycles. The van der Waals surface area contributed by atoms with Crippen LogP contribution >= 0.6 is 0 Å². The van der Waals surface area contributed by atoms with Crippen molar-refractivity contribution in [2.24, 2.45) is 0 Å². The number of allylic oxidation sites excluding steroid dienone is 2. The maximum atomic E-state index is 3.67. The van der Waals surface area contributed by atoms with Crippen molar-refractivity contribution < 1.29 is 0 Å². The van der Waals surface area contributed by atoms with Gasteiger partial charge in [-0.15, -0.1) is 0 Å². The Hall–Kier alpha value is -0.920. The minimum absolute atomic E-state index is 0.949. The fourth-order valence-electron chi connectivity index (χ4n) is 0.803. The molecule has 0 rings (SSSR count). The molecule has 0 aliphatic rings. The van der Waals surface area contributed by atoms with Gasteiger partial charge in [0.25, 0.3) is 0 Å². The Morgan fingerprint density at radius 3 is 2.50 bits per heavy atom. The molecule has 0 aliphatic heterocycles. The van der Waals surface area contributed by atoms with Crippen LogP contribution in [0.1, 0.15) is 13.8 Å². The highest BCUT2D eigenvalue weighted by Crippen LogP contribution is 1.95. The predicted molar refractivity (Wildman–Crippen MR) is 45.6 cm³/mol. The molecule has 0 aromatic heterocycles. The van der Waals surface area contributed by atoms with Crippen LogP contribution in [0.5, 0.6) is 0 Å². The van der Waals surface area contributed by atoms with Crippen LogP contribution in [-0.4, -0.2) is 13.6 Å². The predicted octanol–water partition coefficient (Wildman–Crippen LogP) is 1.23. The molecule has 2 nitrogen and oxygen atoms in total. The summed E-state index contributed by atoms with van der Waals surface area (Å²) in [5, 5.41) is 6.23. The Bertz CT molecular complexity index is 136. The Morgan fingerprint density at radius 2 is 2.20 bits per heavy atom. The van der Waals surface area contributed by atoms with Crippen LogP contribution in [0.3, 0.4) is 0 Å². The first-order valence-electron chi connectivity index (χ1n) is 3.51. The number of nitrogens with one attached hydrogen (secondary N) is 2. The highest BCUT2D eigenvalue weighted by atomic mass is 14.9. The lowest BCUT2D eigenvalue weighted by atomic mass is 10.3. The van der Waals surface area contributed by atoms with E-state index in [4.69, 9.17) is 0 Å². The molecule has 0 atom stereocenters. The lowest BCUT2D eigenvalue weighted by Gasteiger charge is -2.07. The summed E-state index contributed by atoms with van der Waals surface area (Å²) < 4.78 is 0. The van der Waals surface area contributed by atoms with E-state index in [-0.39, 0.29) is 0 Å². The van der Waals surface area contributed by atoms with E-state index < -0.39 is 0 Å². The SMILES string of the molecule is C=C/C(NC)=C(/C)NCC. The fourth-order valence-corrected chi connectivity index (χ4v) is 0.803. The molecule has 58 valence electrons. The summed E-state index contributed by atoms with van der Waals surface area (Å²) in [6, 6.07) is 0. The van der Waals surface area contributed by atoms with Crippen molar-refractivity contribution >= 4 is 0 Å². The highest BCUT2D eigenvalue weighted by molar-refractivity contribution is 5.19. The van der Waals surface area contributed by atoms with Crippen LogP contribution in [0.2, 0.25) is 0 Å². The summed E-state index contributed by atoms with van der Waals surface area (Å²) in [5.41, 5.74) is 2.20. The van der Waals surface area contributed by atoms with E-state index in [1.54, 1.807) is 6.08 Å². The number of rotatable bonds is 4. The standard InChI is InChI=1S/C8H16N2/c1-5-8(9-4)7(3)10-6-2/h5,9-10H,1,6H2,2-4H3/b8-7+. The summed E-state index contributed by atoms with van der Waals surface area (Å²) in [4.78, 5) is 0. The van der Waals surface area contributed by atoms with E-state index in [1.165, 1.54) is 0 Å². The molecule has 0 aromatic rings. The van der Waals surface area contributed by atoms with Crippen molar-refractivity contribution in [3.05, 3.63) is 24.0 Å². The van der Waals surface area contributed by atoms with Gasteiger partial charge in [-0.05, 0) is 19.9 Å². The average Bonchev–Trinajstić information content (AvgIpc) is 1.91. The number of hydrogen-bond donors (Lipinski definition) is 2. The third-order valence-corrected chi connectivity index (χ3v) is 1.32. The van der Waals surface area contributed by atoms with Crippen LogP contribution in [0.25, 0.3) is 0 Å². The molecule has 10 heavy (non-hydrogen) atoms. The zero-order valence-corrected chi connectivity index (χ0v) is 6.99. The van der Waals surface area contributed by atoms with Gasteiger partial charge in [0.2, 0.25) is 0 Å². The zero-order valence-electron chi connectivity index (χ0n) is 6.99. The molecule has 2 heteroatoms. The van der Waals surface area contributed by atoms with Gasteiger partial charge in [0.15, 0.2) is 0 Å². The third kappa shape index (κ3) is 2.58. The fraction of sp³-hybridized carbons (Fsp3) is 0.500.